The van der Waals surface area contributed by atoms with Crippen LogP contribution in [-0.2, 0) is 11.3 Å². The third-order valence-corrected chi connectivity index (χ3v) is 3.41. The number of methoxy groups -OCH3 is 1. The zero-order valence-electron chi connectivity index (χ0n) is 10.9. The van der Waals surface area contributed by atoms with E-state index in [4.69, 9.17) is 4.74 Å². The van der Waals surface area contributed by atoms with Crippen molar-refractivity contribution in [3.05, 3.63) is 15.1 Å². The minimum atomic E-state index is 0.324. The van der Waals surface area contributed by atoms with E-state index >= 15 is 0 Å². The van der Waals surface area contributed by atoms with Crippen LogP contribution in [-0.4, -0.2) is 23.6 Å². The number of hydrogen-bond acceptors (Lipinski definition) is 4. The molecule has 0 spiro atoms. The first-order valence-corrected chi connectivity index (χ1v) is 6.97. The third-order valence-electron chi connectivity index (χ3n) is 2.28. The standard InChI is InChI=1S/C12H20IN3O/c1-5-6-14-12-10(13)9(7-17-4)15-11(16-12)8(2)3/h8H,5-7H2,1-4H3,(H,14,15,16). The van der Waals surface area contributed by atoms with Crippen LogP contribution in [0.4, 0.5) is 5.82 Å². The summed E-state index contributed by atoms with van der Waals surface area (Å²) in [5, 5.41) is 3.34. The number of ether oxygens (including phenoxy) is 1. The number of anilines is 1. The Labute approximate surface area is 117 Å². The molecule has 0 aliphatic rings. The van der Waals surface area contributed by atoms with Crippen LogP contribution in [0.5, 0.6) is 0 Å². The minimum absolute atomic E-state index is 0.324. The second-order valence-corrected chi connectivity index (χ2v) is 5.28. The summed E-state index contributed by atoms with van der Waals surface area (Å²) in [6, 6.07) is 0. The highest BCUT2D eigenvalue weighted by atomic mass is 127. The molecule has 5 heteroatoms. The number of halogens is 1. The van der Waals surface area contributed by atoms with Crippen LogP contribution in [0.25, 0.3) is 0 Å². The van der Waals surface area contributed by atoms with E-state index in [9.17, 15) is 0 Å². The van der Waals surface area contributed by atoms with Gasteiger partial charge in [0.1, 0.15) is 11.6 Å². The number of aromatic nitrogens is 2. The van der Waals surface area contributed by atoms with Crippen molar-refractivity contribution in [2.45, 2.75) is 39.7 Å². The summed E-state index contributed by atoms with van der Waals surface area (Å²) in [5.74, 6) is 2.12. The van der Waals surface area contributed by atoms with Crippen molar-refractivity contribution in [1.82, 2.24) is 9.97 Å². The number of hydrogen-bond donors (Lipinski definition) is 1. The summed E-state index contributed by atoms with van der Waals surface area (Å²) in [6.45, 7) is 7.80. The molecule has 1 aromatic rings. The van der Waals surface area contributed by atoms with Gasteiger partial charge >= 0.3 is 0 Å². The van der Waals surface area contributed by atoms with Crippen molar-refractivity contribution in [2.75, 3.05) is 19.0 Å². The van der Waals surface area contributed by atoms with Crippen LogP contribution in [0.15, 0.2) is 0 Å². The number of rotatable bonds is 6. The Morgan fingerprint density at radius 3 is 2.59 bits per heavy atom. The SMILES string of the molecule is CCCNc1nc(C(C)C)nc(COC)c1I. The first-order chi connectivity index (χ1) is 8.10. The summed E-state index contributed by atoms with van der Waals surface area (Å²) in [4.78, 5) is 9.11. The van der Waals surface area contributed by atoms with Gasteiger partial charge in [0.2, 0.25) is 0 Å². The topological polar surface area (TPSA) is 47.0 Å². The predicted molar refractivity (Wildman–Crippen MR) is 78.3 cm³/mol. The van der Waals surface area contributed by atoms with Gasteiger partial charge in [-0.2, -0.15) is 0 Å². The van der Waals surface area contributed by atoms with Crippen molar-refractivity contribution >= 4 is 28.4 Å². The molecule has 96 valence electrons. The van der Waals surface area contributed by atoms with E-state index in [0.717, 1.165) is 33.9 Å². The van der Waals surface area contributed by atoms with Crippen LogP contribution in [0.1, 0.15) is 44.6 Å². The summed E-state index contributed by atoms with van der Waals surface area (Å²) in [7, 11) is 1.69. The molecule has 0 saturated carbocycles. The number of nitrogens with zero attached hydrogens (tertiary/aromatic N) is 2. The Morgan fingerprint density at radius 2 is 2.06 bits per heavy atom. The lowest BCUT2D eigenvalue weighted by atomic mass is 10.2. The number of nitrogens with one attached hydrogen (secondary N) is 1. The quantitative estimate of drug-likeness (QED) is 0.802. The van der Waals surface area contributed by atoms with Gasteiger partial charge in [0, 0.05) is 19.6 Å². The van der Waals surface area contributed by atoms with Crippen molar-refractivity contribution in [3.63, 3.8) is 0 Å². The Kier molecular flexibility index (Phi) is 6.11. The molecule has 0 aliphatic carbocycles. The van der Waals surface area contributed by atoms with Crippen LogP contribution in [0.3, 0.4) is 0 Å². The molecule has 1 aromatic heterocycles. The first-order valence-electron chi connectivity index (χ1n) is 5.89. The Bertz CT molecular complexity index is 369. The highest BCUT2D eigenvalue weighted by molar-refractivity contribution is 14.1. The third kappa shape index (κ3) is 4.06. The van der Waals surface area contributed by atoms with Crippen molar-refractivity contribution in [1.29, 1.82) is 0 Å². The molecule has 0 bridgehead atoms. The van der Waals surface area contributed by atoms with Gasteiger partial charge in [0.25, 0.3) is 0 Å². The van der Waals surface area contributed by atoms with E-state index in [1.54, 1.807) is 7.11 Å². The van der Waals surface area contributed by atoms with E-state index in [-0.39, 0.29) is 0 Å². The van der Waals surface area contributed by atoms with Crippen molar-refractivity contribution < 1.29 is 4.74 Å². The zero-order valence-corrected chi connectivity index (χ0v) is 13.0. The van der Waals surface area contributed by atoms with Gasteiger partial charge < -0.3 is 10.1 Å². The van der Waals surface area contributed by atoms with E-state index in [0.29, 0.717) is 12.5 Å². The van der Waals surface area contributed by atoms with Gasteiger partial charge in [-0.3, -0.25) is 0 Å². The highest BCUT2D eigenvalue weighted by Crippen LogP contribution is 2.22. The van der Waals surface area contributed by atoms with Gasteiger partial charge in [-0.15, -0.1) is 0 Å². The summed E-state index contributed by atoms with van der Waals surface area (Å²) < 4.78 is 6.24. The minimum Gasteiger partial charge on any atom is -0.378 e. The molecule has 0 aliphatic heterocycles. The lowest BCUT2D eigenvalue weighted by Gasteiger charge is -2.13. The highest BCUT2D eigenvalue weighted by Gasteiger charge is 2.13. The summed E-state index contributed by atoms with van der Waals surface area (Å²) >= 11 is 2.28. The fourth-order valence-corrected chi connectivity index (χ4v) is 1.95. The van der Waals surface area contributed by atoms with E-state index in [2.05, 4.69) is 58.6 Å². The monoisotopic (exact) mass is 349 g/mol. The van der Waals surface area contributed by atoms with E-state index in [1.807, 2.05) is 0 Å². The molecular weight excluding hydrogens is 329 g/mol. The average Bonchev–Trinajstić information content (AvgIpc) is 2.30. The lowest BCUT2D eigenvalue weighted by molar-refractivity contribution is 0.180. The molecule has 0 radical (unpaired) electrons. The molecule has 1 N–H and O–H groups in total. The van der Waals surface area contributed by atoms with E-state index < -0.39 is 0 Å². The van der Waals surface area contributed by atoms with Gasteiger partial charge in [0.05, 0.1) is 15.9 Å². The normalized spacial score (nSPS) is 10.9. The smallest absolute Gasteiger partial charge is 0.143 e. The Balaban J connectivity index is 3.08. The Hall–Kier alpha value is -0.430. The maximum absolute atomic E-state index is 5.18. The van der Waals surface area contributed by atoms with Crippen molar-refractivity contribution in [2.24, 2.45) is 0 Å². The molecule has 4 nitrogen and oxygen atoms in total. The van der Waals surface area contributed by atoms with Gasteiger partial charge in [-0.25, -0.2) is 9.97 Å². The molecule has 0 atom stereocenters. The first kappa shape index (κ1) is 14.6. The van der Waals surface area contributed by atoms with E-state index in [1.165, 1.54) is 0 Å². The van der Waals surface area contributed by atoms with Crippen LogP contribution in [0.2, 0.25) is 0 Å². The maximum Gasteiger partial charge on any atom is 0.143 e. The molecule has 1 heterocycles. The second kappa shape index (κ2) is 7.10. The molecule has 1 rings (SSSR count). The van der Waals surface area contributed by atoms with Crippen LogP contribution < -0.4 is 5.32 Å². The molecule has 0 saturated heterocycles. The predicted octanol–water partition coefficient (Wildman–Crippen LogP) is 3.17. The Morgan fingerprint density at radius 1 is 1.35 bits per heavy atom. The van der Waals surface area contributed by atoms with Gasteiger partial charge in [-0.05, 0) is 29.0 Å². The summed E-state index contributed by atoms with van der Waals surface area (Å²) in [5.41, 5.74) is 0.963. The largest absolute Gasteiger partial charge is 0.378 e. The molecule has 17 heavy (non-hydrogen) atoms. The van der Waals surface area contributed by atoms with Gasteiger partial charge in [-0.1, -0.05) is 20.8 Å². The summed E-state index contributed by atoms with van der Waals surface area (Å²) in [6.07, 6.45) is 1.08. The van der Waals surface area contributed by atoms with Crippen LogP contribution in [0, 0.1) is 3.57 Å². The lowest BCUT2D eigenvalue weighted by Crippen LogP contribution is -2.12. The molecule has 0 fully saturated rings. The second-order valence-electron chi connectivity index (χ2n) is 4.21. The fourth-order valence-electron chi connectivity index (χ4n) is 1.36. The van der Waals surface area contributed by atoms with Gasteiger partial charge in [0.15, 0.2) is 0 Å². The molecular formula is C12H20IN3O. The average molecular weight is 349 g/mol. The zero-order chi connectivity index (χ0) is 12.8. The fraction of sp³-hybridized carbons (Fsp3) is 0.667. The maximum atomic E-state index is 5.18. The molecule has 0 aromatic carbocycles. The molecule has 0 amide bonds. The van der Waals surface area contributed by atoms with Crippen molar-refractivity contribution in [3.8, 4) is 0 Å². The van der Waals surface area contributed by atoms with Crippen LogP contribution >= 0.6 is 22.6 Å². The molecule has 0 unspecified atom stereocenters.